The van der Waals surface area contributed by atoms with Gasteiger partial charge < -0.3 is 40.9 Å². The number of carbonyl (C=O) groups is 2. The monoisotopic (exact) mass is 428 g/mol. The lowest BCUT2D eigenvalue weighted by Gasteiger charge is -2.23. The van der Waals surface area contributed by atoms with E-state index in [0.29, 0.717) is 0 Å². The lowest BCUT2D eigenvalue weighted by atomic mass is 9.82. The maximum atomic E-state index is 11.5. The molecular formula is C21H16O10. The molecule has 31 heavy (non-hydrogen) atoms. The van der Waals surface area contributed by atoms with Crippen LogP contribution in [0.2, 0.25) is 0 Å². The van der Waals surface area contributed by atoms with Gasteiger partial charge in [-0.1, -0.05) is 18.2 Å². The van der Waals surface area contributed by atoms with Crippen molar-refractivity contribution in [3.8, 4) is 34.5 Å². The van der Waals surface area contributed by atoms with Gasteiger partial charge in [0.25, 0.3) is 0 Å². The summed E-state index contributed by atoms with van der Waals surface area (Å²) in [5, 5.41) is 79.0. The molecule has 8 N–H and O–H groups in total. The van der Waals surface area contributed by atoms with Gasteiger partial charge in [-0.2, -0.15) is 0 Å². The largest absolute Gasteiger partial charge is 0.507 e. The number of aromatic carboxylic acids is 2. The summed E-state index contributed by atoms with van der Waals surface area (Å²) in [6.45, 7) is 0. The van der Waals surface area contributed by atoms with Crippen LogP contribution < -0.4 is 0 Å². The Morgan fingerprint density at radius 1 is 0.581 bits per heavy atom. The third-order valence-electron chi connectivity index (χ3n) is 4.76. The van der Waals surface area contributed by atoms with Gasteiger partial charge in [0, 0.05) is 17.0 Å². The summed E-state index contributed by atoms with van der Waals surface area (Å²) in [6, 6.07) is 7.74. The maximum Gasteiger partial charge on any atom is 0.343 e. The van der Waals surface area contributed by atoms with E-state index in [9.17, 15) is 50.4 Å². The zero-order chi connectivity index (χ0) is 23.0. The molecule has 0 fully saturated rings. The van der Waals surface area contributed by atoms with Gasteiger partial charge in [0.2, 0.25) is 0 Å². The molecule has 0 atom stereocenters. The Hall–Kier alpha value is -4.60. The van der Waals surface area contributed by atoms with E-state index in [1.807, 2.05) is 0 Å². The highest BCUT2D eigenvalue weighted by Gasteiger charge is 2.30. The number of aromatic hydroxyl groups is 6. The van der Waals surface area contributed by atoms with Crippen molar-refractivity contribution in [2.24, 2.45) is 0 Å². The number of carboxylic acid groups (broad SMARTS) is 2. The Kier molecular flexibility index (Phi) is 5.23. The van der Waals surface area contributed by atoms with E-state index in [4.69, 9.17) is 0 Å². The number of hydrogen-bond acceptors (Lipinski definition) is 8. The molecule has 3 aromatic carbocycles. The predicted octanol–water partition coefficient (Wildman–Crippen LogP) is 2.50. The van der Waals surface area contributed by atoms with Crippen LogP contribution in [0.15, 0.2) is 42.5 Å². The van der Waals surface area contributed by atoms with Crippen molar-refractivity contribution in [3.63, 3.8) is 0 Å². The summed E-state index contributed by atoms with van der Waals surface area (Å²) >= 11 is 0. The van der Waals surface area contributed by atoms with E-state index in [2.05, 4.69) is 0 Å². The molecule has 0 radical (unpaired) electrons. The van der Waals surface area contributed by atoms with Gasteiger partial charge in [0.05, 0.1) is 0 Å². The van der Waals surface area contributed by atoms with Gasteiger partial charge in [0.15, 0.2) is 11.5 Å². The first-order valence-corrected chi connectivity index (χ1v) is 8.62. The van der Waals surface area contributed by atoms with Crippen LogP contribution in [0, 0.1) is 0 Å². The molecule has 3 rings (SSSR count). The van der Waals surface area contributed by atoms with Crippen molar-refractivity contribution in [2.45, 2.75) is 5.92 Å². The van der Waals surface area contributed by atoms with Gasteiger partial charge >= 0.3 is 11.9 Å². The highest BCUT2D eigenvalue weighted by molar-refractivity contribution is 5.96. The summed E-state index contributed by atoms with van der Waals surface area (Å²) in [4.78, 5) is 23.0. The lowest BCUT2D eigenvalue weighted by Crippen LogP contribution is -2.09. The number of phenolic OH excluding ortho intramolecular Hbond substituents is 2. The third kappa shape index (κ3) is 3.57. The summed E-state index contributed by atoms with van der Waals surface area (Å²) in [5.41, 5.74) is -1.88. The van der Waals surface area contributed by atoms with E-state index < -0.39 is 63.5 Å². The molecule has 0 heterocycles. The first-order chi connectivity index (χ1) is 14.5. The van der Waals surface area contributed by atoms with E-state index in [1.54, 1.807) is 0 Å². The summed E-state index contributed by atoms with van der Waals surface area (Å²) in [6.07, 6.45) is 0. The topological polar surface area (TPSA) is 196 Å². The van der Waals surface area contributed by atoms with Gasteiger partial charge in [0.1, 0.15) is 34.1 Å². The van der Waals surface area contributed by atoms with Gasteiger partial charge in [-0.3, -0.25) is 0 Å². The highest BCUT2D eigenvalue weighted by Crippen LogP contribution is 2.46. The minimum Gasteiger partial charge on any atom is -0.507 e. The van der Waals surface area contributed by atoms with Crippen LogP contribution in [0.3, 0.4) is 0 Å². The molecule has 0 aromatic heterocycles. The molecule has 3 aromatic rings. The zero-order valence-electron chi connectivity index (χ0n) is 15.5. The quantitative estimate of drug-likeness (QED) is 0.221. The van der Waals surface area contributed by atoms with Crippen molar-refractivity contribution in [1.29, 1.82) is 0 Å². The van der Waals surface area contributed by atoms with Crippen LogP contribution in [-0.2, 0) is 0 Å². The Morgan fingerprint density at radius 2 is 1.00 bits per heavy atom. The number of benzene rings is 3. The highest BCUT2D eigenvalue weighted by atomic mass is 16.4. The summed E-state index contributed by atoms with van der Waals surface area (Å²) < 4.78 is 0. The second-order valence-electron chi connectivity index (χ2n) is 6.59. The number of phenols is 6. The fourth-order valence-electron chi connectivity index (χ4n) is 3.33. The first-order valence-electron chi connectivity index (χ1n) is 8.62. The van der Waals surface area contributed by atoms with E-state index in [0.717, 1.165) is 36.4 Å². The van der Waals surface area contributed by atoms with Crippen LogP contribution in [0.1, 0.15) is 43.3 Å². The smallest absolute Gasteiger partial charge is 0.343 e. The molecule has 10 heteroatoms. The minimum atomic E-state index is -1.65. The molecule has 0 saturated heterocycles. The van der Waals surface area contributed by atoms with Gasteiger partial charge in [-0.25, -0.2) is 9.59 Å². The van der Waals surface area contributed by atoms with Gasteiger partial charge in [-0.15, -0.1) is 0 Å². The van der Waals surface area contributed by atoms with Crippen LogP contribution >= 0.6 is 0 Å². The number of rotatable bonds is 5. The predicted molar refractivity (Wildman–Crippen MR) is 104 cm³/mol. The van der Waals surface area contributed by atoms with Gasteiger partial charge in [-0.05, 0) is 29.8 Å². The van der Waals surface area contributed by atoms with Crippen LogP contribution in [0.5, 0.6) is 34.5 Å². The molecular weight excluding hydrogens is 412 g/mol. The Labute approximate surface area is 173 Å². The normalized spacial score (nSPS) is 10.9. The Balaban J connectivity index is 2.40. The first kappa shape index (κ1) is 21.1. The maximum absolute atomic E-state index is 11.5. The fourth-order valence-corrected chi connectivity index (χ4v) is 3.33. The second kappa shape index (κ2) is 7.67. The van der Waals surface area contributed by atoms with Crippen molar-refractivity contribution < 1.29 is 50.4 Å². The van der Waals surface area contributed by atoms with E-state index >= 15 is 0 Å². The van der Waals surface area contributed by atoms with Crippen molar-refractivity contribution in [3.05, 3.63) is 70.3 Å². The third-order valence-corrected chi connectivity index (χ3v) is 4.76. The zero-order valence-corrected chi connectivity index (χ0v) is 15.5. The molecule has 10 nitrogen and oxygen atoms in total. The van der Waals surface area contributed by atoms with Crippen LogP contribution in [0.25, 0.3) is 0 Å². The number of carboxylic acids is 2. The number of hydrogen-bond donors (Lipinski definition) is 8. The molecule has 0 saturated carbocycles. The molecule has 0 aliphatic heterocycles. The van der Waals surface area contributed by atoms with Crippen molar-refractivity contribution in [1.82, 2.24) is 0 Å². The van der Waals surface area contributed by atoms with Crippen molar-refractivity contribution in [2.75, 3.05) is 0 Å². The van der Waals surface area contributed by atoms with E-state index in [1.165, 1.54) is 6.07 Å². The van der Waals surface area contributed by atoms with Crippen LogP contribution in [0.4, 0.5) is 0 Å². The Morgan fingerprint density at radius 3 is 1.39 bits per heavy atom. The summed E-state index contributed by atoms with van der Waals surface area (Å²) in [7, 11) is 0. The molecule has 0 unspecified atom stereocenters. The lowest BCUT2D eigenvalue weighted by molar-refractivity contribution is 0.0678. The molecule has 0 bridgehead atoms. The standard InChI is InChI=1S/C21H16O10/c22-11-4-1-8(7-14(11)25)15(9-2-5-12(23)16(18(9)26)20(28)29)10-3-6-13(24)17(19(10)27)21(30)31/h1-7,15,22-27H,(H,28,29)(H,30,31). The van der Waals surface area contributed by atoms with Crippen molar-refractivity contribution >= 4 is 11.9 Å². The molecule has 0 amide bonds. The molecule has 0 spiro atoms. The SMILES string of the molecule is O=C(O)c1c(O)ccc(C(c2ccc(O)c(O)c2)c2ccc(O)c(C(=O)O)c2O)c1O. The van der Waals surface area contributed by atoms with Crippen LogP contribution in [-0.4, -0.2) is 52.8 Å². The minimum absolute atomic E-state index is 0.116. The van der Waals surface area contributed by atoms with E-state index in [-0.39, 0.29) is 16.7 Å². The molecule has 160 valence electrons. The molecule has 0 aliphatic carbocycles. The Bertz CT molecular complexity index is 1150. The fraction of sp³-hybridized carbons (Fsp3) is 0.0476. The average Bonchev–Trinajstić information content (AvgIpc) is 2.67. The molecule has 0 aliphatic rings. The average molecular weight is 428 g/mol. The second-order valence-corrected chi connectivity index (χ2v) is 6.59. The summed E-state index contributed by atoms with van der Waals surface area (Å²) in [5.74, 6) is -8.83.